The minimum atomic E-state index is -5.08. The predicted octanol–water partition coefficient (Wildman–Crippen LogP) is 5.91. The third kappa shape index (κ3) is 7.84. The number of aliphatic carboxylic acids is 1. The monoisotopic (exact) mass is 608 g/mol. The SMILES string of the molecule is CN1CCN(Cc2ccc3c(c2)Cc2c(-c4csc(C#CCCOc5ccccc5)c4)n[nH]c2-3)CC1.O=C(O)C(F)(F)F. The summed E-state index contributed by atoms with van der Waals surface area (Å²) in [6.45, 7) is 6.21. The van der Waals surface area contributed by atoms with Crippen molar-refractivity contribution in [2.75, 3.05) is 39.8 Å². The molecule has 224 valence electrons. The lowest BCUT2D eigenvalue weighted by atomic mass is 10.0. The Kier molecular flexibility index (Phi) is 9.50. The number of fused-ring (bicyclic) bond motifs is 3. The summed E-state index contributed by atoms with van der Waals surface area (Å²) >= 11 is 1.68. The fourth-order valence-electron chi connectivity index (χ4n) is 5.00. The van der Waals surface area contributed by atoms with E-state index in [1.54, 1.807) is 11.3 Å². The summed E-state index contributed by atoms with van der Waals surface area (Å²) in [6, 6.07) is 19.0. The molecule has 6 rings (SSSR count). The molecule has 2 aromatic heterocycles. The maximum Gasteiger partial charge on any atom is 0.490 e. The number of H-pyrrole nitrogens is 1. The number of carboxylic acid groups (broad SMARTS) is 1. The molecule has 2 aliphatic rings. The lowest BCUT2D eigenvalue weighted by Crippen LogP contribution is -2.43. The van der Waals surface area contributed by atoms with Crippen molar-refractivity contribution < 1.29 is 27.8 Å². The number of carbonyl (C=O) groups is 1. The largest absolute Gasteiger partial charge is 0.493 e. The van der Waals surface area contributed by atoms with Crippen LogP contribution < -0.4 is 4.74 Å². The highest BCUT2D eigenvalue weighted by Gasteiger charge is 2.38. The van der Waals surface area contributed by atoms with Crippen molar-refractivity contribution in [1.82, 2.24) is 20.0 Å². The molecule has 7 nitrogen and oxygen atoms in total. The number of halogens is 3. The smallest absolute Gasteiger partial charge is 0.490 e. The summed E-state index contributed by atoms with van der Waals surface area (Å²) < 4.78 is 37.5. The van der Waals surface area contributed by atoms with Crippen LogP contribution >= 0.6 is 11.3 Å². The van der Waals surface area contributed by atoms with Crippen molar-refractivity contribution in [1.29, 1.82) is 0 Å². The zero-order chi connectivity index (χ0) is 30.4. The van der Waals surface area contributed by atoms with Gasteiger partial charge in [0.05, 0.1) is 22.9 Å². The second-order valence-electron chi connectivity index (χ2n) is 10.4. The number of rotatable bonds is 6. The van der Waals surface area contributed by atoms with Crippen molar-refractivity contribution in [3.05, 3.63) is 81.5 Å². The van der Waals surface area contributed by atoms with Crippen LogP contribution in [0.1, 0.15) is 28.0 Å². The van der Waals surface area contributed by atoms with Gasteiger partial charge in [-0.3, -0.25) is 10.00 Å². The number of nitrogens with zero attached hydrogens (tertiary/aromatic N) is 3. The van der Waals surface area contributed by atoms with Gasteiger partial charge in [-0.25, -0.2) is 4.79 Å². The van der Waals surface area contributed by atoms with Gasteiger partial charge in [0, 0.05) is 67.6 Å². The van der Waals surface area contributed by atoms with Crippen LogP contribution in [0.2, 0.25) is 0 Å². The van der Waals surface area contributed by atoms with E-state index in [4.69, 9.17) is 14.6 Å². The molecule has 0 atom stereocenters. The minimum Gasteiger partial charge on any atom is -0.493 e. The molecule has 1 aliphatic carbocycles. The molecule has 1 saturated heterocycles. The van der Waals surface area contributed by atoms with Gasteiger partial charge >= 0.3 is 12.1 Å². The molecule has 0 bridgehead atoms. The third-order valence-electron chi connectivity index (χ3n) is 7.24. The quantitative estimate of drug-likeness (QED) is 0.184. The van der Waals surface area contributed by atoms with Gasteiger partial charge in [-0.1, -0.05) is 48.2 Å². The highest BCUT2D eigenvalue weighted by molar-refractivity contribution is 7.11. The van der Waals surface area contributed by atoms with Crippen LogP contribution in [0, 0.1) is 11.8 Å². The number of aromatic amines is 1. The highest BCUT2D eigenvalue weighted by atomic mass is 32.1. The van der Waals surface area contributed by atoms with E-state index in [1.165, 1.54) is 27.9 Å². The molecule has 0 radical (unpaired) electrons. The first-order valence-electron chi connectivity index (χ1n) is 13.8. The van der Waals surface area contributed by atoms with Crippen LogP contribution in [0.25, 0.3) is 22.5 Å². The average molecular weight is 609 g/mol. The molecule has 1 aliphatic heterocycles. The molecule has 0 saturated carbocycles. The van der Waals surface area contributed by atoms with Crippen molar-refractivity contribution in [2.45, 2.75) is 25.6 Å². The van der Waals surface area contributed by atoms with Gasteiger partial charge < -0.3 is 14.7 Å². The second kappa shape index (κ2) is 13.5. The Morgan fingerprint density at radius 2 is 1.86 bits per heavy atom. The summed E-state index contributed by atoms with van der Waals surface area (Å²) in [7, 11) is 2.21. The van der Waals surface area contributed by atoms with Crippen molar-refractivity contribution >= 4 is 17.3 Å². The summed E-state index contributed by atoms with van der Waals surface area (Å²) in [6.07, 6.45) is -3.45. The topological polar surface area (TPSA) is 81.7 Å². The van der Waals surface area contributed by atoms with E-state index in [9.17, 15) is 13.2 Å². The van der Waals surface area contributed by atoms with Gasteiger partial charge in [0.15, 0.2) is 0 Å². The Morgan fingerprint density at radius 1 is 1.12 bits per heavy atom. The van der Waals surface area contributed by atoms with Crippen LogP contribution in [0.4, 0.5) is 13.2 Å². The lowest BCUT2D eigenvalue weighted by molar-refractivity contribution is -0.192. The maximum absolute atomic E-state index is 10.6. The Balaban J connectivity index is 0.000000472. The van der Waals surface area contributed by atoms with E-state index >= 15 is 0 Å². The number of hydrogen-bond donors (Lipinski definition) is 2. The van der Waals surface area contributed by atoms with Gasteiger partial charge in [-0.05, 0) is 36.4 Å². The van der Waals surface area contributed by atoms with E-state index in [0.717, 1.165) is 61.0 Å². The molecule has 3 heterocycles. The molecular formula is C32H31F3N4O3S. The van der Waals surface area contributed by atoms with E-state index in [-0.39, 0.29) is 0 Å². The maximum atomic E-state index is 10.6. The molecular weight excluding hydrogens is 577 g/mol. The van der Waals surface area contributed by atoms with Crippen LogP contribution in [-0.2, 0) is 17.8 Å². The normalized spacial score (nSPS) is 14.6. The van der Waals surface area contributed by atoms with E-state index in [1.807, 2.05) is 30.3 Å². The average Bonchev–Trinajstić information content (AvgIpc) is 3.70. The molecule has 2 aromatic carbocycles. The molecule has 4 aromatic rings. The van der Waals surface area contributed by atoms with Gasteiger partial charge in [-0.15, -0.1) is 11.3 Å². The number of benzene rings is 2. The second-order valence-corrected chi connectivity index (χ2v) is 11.3. The molecule has 0 amide bonds. The number of nitrogens with one attached hydrogen (secondary N) is 1. The Bertz CT molecular complexity index is 1610. The first-order valence-corrected chi connectivity index (χ1v) is 14.7. The Labute approximate surface area is 251 Å². The van der Waals surface area contributed by atoms with Gasteiger partial charge in [0.2, 0.25) is 0 Å². The van der Waals surface area contributed by atoms with Crippen LogP contribution in [-0.4, -0.2) is 77.1 Å². The number of thiophene rings is 1. The first kappa shape index (κ1) is 30.4. The standard InChI is InChI=1S/C30H30N4OS.C2HF3O2/c1-33-12-14-34(15-13-33)20-22-10-11-27-23(17-22)19-28-29(31-32-30(27)28)24-18-26(36-21-24)9-5-6-16-35-25-7-3-2-4-8-25;3-2(4,5)1(6)7/h2-4,7-8,10-11,17-18,21H,6,12-16,19-20H2,1H3,(H,31,32);(H,6,7). The number of alkyl halides is 3. The van der Waals surface area contributed by atoms with Crippen LogP contribution in [0.15, 0.2) is 60.0 Å². The summed E-state index contributed by atoms with van der Waals surface area (Å²) in [5.74, 6) is 4.66. The molecule has 1 fully saturated rings. The number of likely N-dealkylation sites (N-methyl/N-ethyl adjacent to an activating group) is 1. The number of carboxylic acids is 1. The lowest BCUT2D eigenvalue weighted by Gasteiger charge is -2.32. The fraction of sp³-hybridized carbons (Fsp3) is 0.312. The summed E-state index contributed by atoms with van der Waals surface area (Å²) in [5, 5.41) is 17.3. The Morgan fingerprint density at radius 3 is 2.58 bits per heavy atom. The van der Waals surface area contributed by atoms with Gasteiger partial charge in [0.1, 0.15) is 5.75 Å². The van der Waals surface area contributed by atoms with Crippen molar-refractivity contribution in [3.8, 4) is 40.1 Å². The zero-order valence-corrected chi connectivity index (χ0v) is 24.4. The molecule has 11 heteroatoms. The molecule has 2 N–H and O–H groups in total. The van der Waals surface area contributed by atoms with Crippen molar-refractivity contribution in [3.63, 3.8) is 0 Å². The van der Waals surface area contributed by atoms with Crippen LogP contribution in [0.5, 0.6) is 5.75 Å². The van der Waals surface area contributed by atoms with E-state index in [0.29, 0.717) is 13.0 Å². The number of piperazine rings is 1. The number of ether oxygens (including phenoxy) is 1. The van der Waals surface area contributed by atoms with E-state index < -0.39 is 12.1 Å². The summed E-state index contributed by atoms with van der Waals surface area (Å²) in [5.41, 5.74) is 8.77. The fourth-order valence-corrected chi connectivity index (χ4v) is 5.76. The van der Waals surface area contributed by atoms with Gasteiger partial charge in [-0.2, -0.15) is 18.3 Å². The number of hydrogen-bond acceptors (Lipinski definition) is 6. The third-order valence-corrected chi connectivity index (χ3v) is 8.09. The van der Waals surface area contributed by atoms with Crippen molar-refractivity contribution in [2.24, 2.45) is 0 Å². The number of para-hydroxylation sites is 1. The molecule has 0 spiro atoms. The molecule has 0 unspecified atom stereocenters. The van der Waals surface area contributed by atoms with E-state index in [2.05, 4.69) is 68.5 Å². The highest BCUT2D eigenvalue weighted by Crippen LogP contribution is 2.41. The Hall–Kier alpha value is -4.11. The first-order chi connectivity index (χ1) is 20.7. The number of aromatic nitrogens is 2. The van der Waals surface area contributed by atoms with Crippen LogP contribution in [0.3, 0.4) is 0 Å². The predicted molar refractivity (Wildman–Crippen MR) is 160 cm³/mol. The zero-order valence-electron chi connectivity index (χ0n) is 23.6. The minimum absolute atomic E-state index is 0.594. The van der Waals surface area contributed by atoms with Gasteiger partial charge in [0.25, 0.3) is 0 Å². The summed E-state index contributed by atoms with van der Waals surface area (Å²) in [4.78, 5) is 14.9. The molecule has 43 heavy (non-hydrogen) atoms.